The molecule has 1 aromatic heterocycles. The van der Waals surface area contributed by atoms with E-state index in [-0.39, 0.29) is 21.8 Å². The maximum atomic E-state index is 12.8. The molecule has 13 heteroatoms. The fraction of sp³-hybridized carbons (Fsp3) is 0.105. The van der Waals surface area contributed by atoms with E-state index in [2.05, 4.69) is 20.6 Å². The summed E-state index contributed by atoms with van der Waals surface area (Å²) in [5.41, 5.74) is 3.00. The van der Waals surface area contributed by atoms with Gasteiger partial charge in [0.2, 0.25) is 0 Å². The van der Waals surface area contributed by atoms with Gasteiger partial charge in [0.15, 0.2) is 0 Å². The standard InChI is InChI=1S/C19H15F3N4O4S2/c1-11-23-16(10-31-11)18(28)25-24-17(27)12-4-2-7-15(8-12)32(29,30)26-14-6-3-5-13(9-14)19(20,21)22/h2-10,26H,1H3,(H,24,27)(H,25,28). The predicted molar refractivity (Wildman–Crippen MR) is 110 cm³/mol. The number of hydrogen-bond acceptors (Lipinski definition) is 6. The van der Waals surface area contributed by atoms with Gasteiger partial charge in [-0.05, 0) is 43.3 Å². The number of alkyl halides is 3. The summed E-state index contributed by atoms with van der Waals surface area (Å²) in [5, 5.41) is 2.16. The summed E-state index contributed by atoms with van der Waals surface area (Å²) in [6.07, 6.45) is -4.64. The van der Waals surface area contributed by atoms with Crippen molar-refractivity contribution in [2.24, 2.45) is 0 Å². The molecule has 2 aromatic carbocycles. The van der Waals surface area contributed by atoms with Gasteiger partial charge in [-0.15, -0.1) is 11.3 Å². The van der Waals surface area contributed by atoms with Gasteiger partial charge >= 0.3 is 6.18 Å². The first-order valence-electron chi connectivity index (χ1n) is 8.79. The van der Waals surface area contributed by atoms with E-state index >= 15 is 0 Å². The van der Waals surface area contributed by atoms with E-state index in [1.165, 1.54) is 41.0 Å². The summed E-state index contributed by atoms with van der Waals surface area (Å²) in [4.78, 5) is 27.9. The maximum Gasteiger partial charge on any atom is 0.416 e. The van der Waals surface area contributed by atoms with Crippen LogP contribution in [0.1, 0.15) is 31.4 Å². The van der Waals surface area contributed by atoms with E-state index in [1.54, 1.807) is 6.92 Å². The third kappa shape index (κ3) is 5.62. The Morgan fingerprint density at radius 3 is 2.34 bits per heavy atom. The molecule has 0 atom stereocenters. The Hall–Kier alpha value is -3.45. The average molecular weight is 484 g/mol. The van der Waals surface area contributed by atoms with Crippen LogP contribution < -0.4 is 15.6 Å². The number of benzene rings is 2. The Kier molecular flexibility index (Phi) is 6.50. The summed E-state index contributed by atoms with van der Waals surface area (Å²) >= 11 is 1.25. The van der Waals surface area contributed by atoms with Crippen LogP contribution in [-0.4, -0.2) is 25.2 Å². The Morgan fingerprint density at radius 1 is 1.00 bits per heavy atom. The Bertz CT molecular complexity index is 1270. The van der Waals surface area contributed by atoms with Gasteiger partial charge in [-0.3, -0.25) is 25.2 Å². The van der Waals surface area contributed by atoms with Crippen LogP contribution in [0.25, 0.3) is 0 Å². The Labute approximate surface area is 184 Å². The lowest BCUT2D eigenvalue weighted by Gasteiger charge is -2.12. The molecule has 0 radical (unpaired) electrons. The Balaban J connectivity index is 1.73. The maximum absolute atomic E-state index is 12.8. The number of thiazole rings is 1. The normalized spacial score (nSPS) is 11.6. The predicted octanol–water partition coefficient (Wildman–Crippen LogP) is 3.35. The number of amides is 2. The molecule has 3 N–H and O–H groups in total. The molecule has 0 aliphatic carbocycles. The zero-order valence-corrected chi connectivity index (χ0v) is 17.9. The van der Waals surface area contributed by atoms with E-state index in [0.29, 0.717) is 11.1 Å². The third-order valence-corrected chi connectivity index (χ3v) is 6.14. The molecule has 2 amide bonds. The zero-order chi connectivity index (χ0) is 23.5. The smallest absolute Gasteiger partial charge is 0.280 e. The van der Waals surface area contributed by atoms with Crippen LogP contribution in [0.15, 0.2) is 58.8 Å². The van der Waals surface area contributed by atoms with Gasteiger partial charge in [-0.2, -0.15) is 13.2 Å². The van der Waals surface area contributed by atoms with Gasteiger partial charge in [0.05, 0.1) is 15.5 Å². The molecule has 3 rings (SSSR count). The van der Waals surface area contributed by atoms with Crippen molar-refractivity contribution in [1.82, 2.24) is 15.8 Å². The second-order valence-corrected chi connectivity index (χ2v) is 9.12. The first-order valence-corrected chi connectivity index (χ1v) is 11.1. The minimum absolute atomic E-state index is 0.105. The van der Waals surface area contributed by atoms with Gasteiger partial charge in [-0.25, -0.2) is 13.4 Å². The zero-order valence-electron chi connectivity index (χ0n) is 16.2. The molecule has 0 unspecified atom stereocenters. The lowest BCUT2D eigenvalue weighted by atomic mass is 10.2. The first kappa shape index (κ1) is 23.2. The van der Waals surface area contributed by atoms with Crippen LogP contribution in [-0.2, 0) is 16.2 Å². The molecular weight excluding hydrogens is 469 g/mol. The number of carbonyl (C=O) groups excluding carboxylic acids is 2. The highest BCUT2D eigenvalue weighted by Gasteiger charge is 2.30. The summed E-state index contributed by atoms with van der Waals surface area (Å²) in [5.74, 6) is -1.46. The molecule has 0 fully saturated rings. The molecule has 0 saturated heterocycles. The van der Waals surface area contributed by atoms with E-state index in [9.17, 15) is 31.2 Å². The molecule has 8 nitrogen and oxygen atoms in total. The van der Waals surface area contributed by atoms with Crippen molar-refractivity contribution < 1.29 is 31.2 Å². The molecule has 0 aliphatic heterocycles. The van der Waals surface area contributed by atoms with Gasteiger partial charge in [0.1, 0.15) is 5.69 Å². The number of halogens is 3. The second-order valence-electron chi connectivity index (χ2n) is 6.37. The molecular formula is C19H15F3N4O4S2. The molecule has 0 bridgehead atoms. The molecule has 0 saturated carbocycles. The number of carbonyl (C=O) groups is 2. The largest absolute Gasteiger partial charge is 0.416 e. The number of hydrazine groups is 1. The van der Waals surface area contributed by atoms with Crippen molar-refractivity contribution in [2.75, 3.05) is 4.72 Å². The van der Waals surface area contributed by atoms with Crippen LogP contribution in [0.2, 0.25) is 0 Å². The van der Waals surface area contributed by atoms with Crippen molar-refractivity contribution >= 4 is 38.9 Å². The number of nitrogens with one attached hydrogen (secondary N) is 3. The van der Waals surface area contributed by atoms with Gasteiger partial charge < -0.3 is 0 Å². The van der Waals surface area contributed by atoms with Crippen LogP contribution in [0.4, 0.5) is 18.9 Å². The number of anilines is 1. The van der Waals surface area contributed by atoms with Gasteiger partial charge in [0.25, 0.3) is 21.8 Å². The number of hydrogen-bond donors (Lipinski definition) is 3. The number of nitrogens with zero attached hydrogens (tertiary/aromatic N) is 1. The highest BCUT2D eigenvalue weighted by molar-refractivity contribution is 7.92. The van der Waals surface area contributed by atoms with E-state index in [0.717, 1.165) is 18.2 Å². The lowest BCUT2D eigenvalue weighted by molar-refractivity contribution is -0.137. The summed E-state index contributed by atoms with van der Waals surface area (Å²) in [6.45, 7) is 1.71. The van der Waals surface area contributed by atoms with Crippen LogP contribution >= 0.6 is 11.3 Å². The van der Waals surface area contributed by atoms with E-state index < -0.39 is 33.6 Å². The van der Waals surface area contributed by atoms with Crippen LogP contribution in [0, 0.1) is 6.92 Å². The van der Waals surface area contributed by atoms with Crippen molar-refractivity contribution in [1.29, 1.82) is 0 Å². The van der Waals surface area contributed by atoms with E-state index in [1.807, 2.05) is 0 Å². The number of sulfonamides is 1. The SMILES string of the molecule is Cc1nc(C(=O)NNC(=O)c2cccc(S(=O)(=O)Nc3cccc(C(F)(F)F)c3)c2)cs1. The molecule has 0 aliphatic rings. The highest BCUT2D eigenvalue weighted by atomic mass is 32.2. The molecule has 1 heterocycles. The lowest BCUT2D eigenvalue weighted by Crippen LogP contribution is -2.41. The number of aryl methyl sites for hydroxylation is 1. The topological polar surface area (TPSA) is 117 Å². The van der Waals surface area contributed by atoms with E-state index in [4.69, 9.17) is 0 Å². The van der Waals surface area contributed by atoms with Gasteiger partial charge in [0, 0.05) is 16.6 Å². The molecule has 3 aromatic rings. The van der Waals surface area contributed by atoms with Crippen molar-refractivity contribution in [3.05, 3.63) is 75.7 Å². The quantitative estimate of drug-likeness (QED) is 0.480. The van der Waals surface area contributed by atoms with Crippen molar-refractivity contribution in [2.45, 2.75) is 18.0 Å². The fourth-order valence-corrected chi connectivity index (χ4v) is 4.18. The molecule has 32 heavy (non-hydrogen) atoms. The van der Waals surface area contributed by atoms with Gasteiger partial charge in [-0.1, -0.05) is 12.1 Å². The van der Waals surface area contributed by atoms with Crippen LogP contribution in [0.5, 0.6) is 0 Å². The third-order valence-electron chi connectivity index (χ3n) is 3.99. The number of rotatable bonds is 5. The first-order chi connectivity index (χ1) is 15.0. The molecule has 0 spiro atoms. The second kappa shape index (κ2) is 8.96. The minimum Gasteiger partial charge on any atom is -0.280 e. The summed E-state index contributed by atoms with van der Waals surface area (Å²) in [7, 11) is -4.30. The summed E-state index contributed by atoms with van der Waals surface area (Å²) in [6, 6.07) is 8.47. The highest BCUT2D eigenvalue weighted by Crippen LogP contribution is 2.31. The van der Waals surface area contributed by atoms with Crippen molar-refractivity contribution in [3.8, 4) is 0 Å². The van der Waals surface area contributed by atoms with Crippen molar-refractivity contribution in [3.63, 3.8) is 0 Å². The fourth-order valence-electron chi connectivity index (χ4n) is 2.50. The minimum atomic E-state index is -4.64. The monoisotopic (exact) mass is 484 g/mol. The summed E-state index contributed by atoms with van der Waals surface area (Å²) < 4.78 is 65.8. The average Bonchev–Trinajstić information content (AvgIpc) is 3.17. The molecule has 168 valence electrons. The number of aromatic nitrogens is 1. The van der Waals surface area contributed by atoms with Crippen LogP contribution in [0.3, 0.4) is 0 Å². The Morgan fingerprint density at radius 2 is 1.69 bits per heavy atom.